The smallest absolute Gasteiger partial charge is 0.240 e. The number of amides is 1. The lowest BCUT2D eigenvalue weighted by Gasteiger charge is -2.27. The molecule has 0 atom stereocenters. The highest BCUT2D eigenvalue weighted by molar-refractivity contribution is 7.89. The van der Waals surface area contributed by atoms with Crippen molar-refractivity contribution in [1.29, 1.82) is 0 Å². The fourth-order valence-corrected chi connectivity index (χ4v) is 3.84. The Bertz CT molecular complexity index is 835. The third-order valence-corrected chi connectivity index (χ3v) is 5.62. The van der Waals surface area contributed by atoms with Gasteiger partial charge in [-0.25, -0.2) is 13.1 Å². The quantitative estimate of drug-likeness (QED) is 0.690. The summed E-state index contributed by atoms with van der Waals surface area (Å²) in [6.07, 6.45) is 0.0564. The molecule has 0 aliphatic carbocycles. The summed E-state index contributed by atoms with van der Waals surface area (Å²) in [7, 11) is -3.59. The van der Waals surface area contributed by atoms with Crippen molar-refractivity contribution in [3.05, 3.63) is 54.6 Å². The molecule has 2 aromatic rings. The molecule has 0 saturated carbocycles. The number of benzene rings is 2. The van der Waals surface area contributed by atoms with Crippen LogP contribution < -0.4 is 14.9 Å². The van der Waals surface area contributed by atoms with Crippen LogP contribution in [0.25, 0.3) is 0 Å². The Kier molecular flexibility index (Phi) is 7.38. The average Bonchev–Trinajstić information content (AvgIpc) is 2.64. The van der Waals surface area contributed by atoms with E-state index in [0.717, 1.165) is 12.2 Å². The number of nitrogens with zero attached hydrogens (tertiary/aromatic N) is 1. The lowest BCUT2D eigenvalue weighted by Crippen LogP contribution is -2.30. The van der Waals surface area contributed by atoms with Crippen molar-refractivity contribution < 1.29 is 13.2 Å². The Morgan fingerprint density at radius 3 is 2.22 bits per heavy atom. The van der Waals surface area contributed by atoms with Gasteiger partial charge in [0.1, 0.15) is 0 Å². The molecular formula is C20H27N3O3S. The van der Waals surface area contributed by atoms with E-state index in [4.69, 9.17) is 0 Å². The first-order valence-electron chi connectivity index (χ1n) is 9.04. The second kappa shape index (κ2) is 9.53. The molecule has 7 heteroatoms. The summed E-state index contributed by atoms with van der Waals surface area (Å²) in [5.41, 5.74) is 1.79. The van der Waals surface area contributed by atoms with Crippen LogP contribution in [0.1, 0.15) is 27.2 Å². The minimum Gasteiger partial charge on any atom is -0.369 e. The van der Waals surface area contributed by atoms with Gasteiger partial charge in [-0.1, -0.05) is 18.2 Å². The number of rotatable bonds is 9. The van der Waals surface area contributed by atoms with Gasteiger partial charge in [-0.05, 0) is 57.2 Å². The molecule has 1 amide bonds. The van der Waals surface area contributed by atoms with Gasteiger partial charge in [-0.3, -0.25) is 4.79 Å². The zero-order valence-corrected chi connectivity index (χ0v) is 16.8. The molecule has 0 fully saturated rings. The summed E-state index contributed by atoms with van der Waals surface area (Å²) in [6, 6.07) is 16.1. The van der Waals surface area contributed by atoms with Gasteiger partial charge < -0.3 is 10.2 Å². The normalized spacial score (nSPS) is 11.4. The average molecular weight is 390 g/mol. The molecule has 0 aliphatic rings. The fraction of sp³-hybridized carbons (Fsp3) is 0.350. The zero-order chi connectivity index (χ0) is 19.9. The number of anilines is 2. The van der Waals surface area contributed by atoms with Crippen molar-refractivity contribution in [1.82, 2.24) is 4.72 Å². The van der Waals surface area contributed by atoms with Crippen molar-refractivity contribution in [2.75, 3.05) is 23.3 Å². The molecule has 0 aromatic heterocycles. The Hall–Kier alpha value is -2.38. The van der Waals surface area contributed by atoms with E-state index in [-0.39, 0.29) is 23.8 Å². The van der Waals surface area contributed by atoms with Gasteiger partial charge in [0.15, 0.2) is 0 Å². The number of hydrogen-bond acceptors (Lipinski definition) is 4. The Labute approximate surface area is 161 Å². The van der Waals surface area contributed by atoms with E-state index in [1.165, 1.54) is 12.1 Å². The molecule has 0 aliphatic heterocycles. The fourth-order valence-electron chi connectivity index (χ4n) is 2.79. The van der Waals surface area contributed by atoms with E-state index in [2.05, 4.69) is 35.7 Å². The third-order valence-electron chi connectivity index (χ3n) is 4.14. The highest BCUT2D eigenvalue weighted by atomic mass is 32.2. The molecular weight excluding hydrogens is 362 g/mol. The maximum Gasteiger partial charge on any atom is 0.240 e. The van der Waals surface area contributed by atoms with Crippen LogP contribution in [0.2, 0.25) is 0 Å². The van der Waals surface area contributed by atoms with Crippen molar-refractivity contribution >= 4 is 27.3 Å². The number of hydrogen-bond donors (Lipinski definition) is 2. The SMILES string of the molecule is CCN(c1ccc(NC(=O)CCNS(=O)(=O)c2ccccc2)cc1)C(C)C. The van der Waals surface area contributed by atoms with Crippen LogP contribution in [0.4, 0.5) is 11.4 Å². The van der Waals surface area contributed by atoms with E-state index in [1.807, 2.05) is 24.3 Å². The van der Waals surface area contributed by atoms with E-state index in [1.54, 1.807) is 18.2 Å². The van der Waals surface area contributed by atoms with Crippen LogP contribution in [0.3, 0.4) is 0 Å². The van der Waals surface area contributed by atoms with Crippen LogP contribution in [0.5, 0.6) is 0 Å². The lowest BCUT2D eigenvalue weighted by atomic mass is 10.2. The van der Waals surface area contributed by atoms with Crippen LogP contribution in [-0.2, 0) is 14.8 Å². The number of sulfonamides is 1. The molecule has 2 rings (SSSR count). The summed E-state index contributed by atoms with van der Waals surface area (Å²) in [5.74, 6) is -0.241. The molecule has 0 bridgehead atoms. The second-order valence-corrected chi connectivity index (χ2v) is 8.20. The molecule has 0 saturated heterocycles. The van der Waals surface area contributed by atoms with Gasteiger partial charge in [-0.15, -0.1) is 0 Å². The first kappa shape index (κ1) is 20.9. The molecule has 146 valence electrons. The largest absolute Gasteiger partial charge is 0.369 e. The van der Waals surface area contributed by atoms with Crippen LogP contribution in [-0.4, -0.2) is 33.5 Å². The summed E-state index contributed by atoms with van der Waals surface area (Å²) in [6.45, 7) is 7.32. The highest BCUT2D eigenvalue weighted by Crippen LogP contribution is 2.20. The van der Waals surface area contributed by atoms with Crippen molar-refractivity contribution in [2.45, 2.75) is 38.1 Å². The predicted octanol–water partition coefficient (Wildman–Crippen LogP) is 3.23. The summed E-state index contributed by atoms with van der Waals surface area (Å²) in [4.78, 5) is 14.5. The van der Waals surface area contributed by atoms with E-state index < -0.39 is 10.0 Å². The molecule has 0 spiro atoms. The number of nitrogens with one attached hydrogen (secondary N) is 2. The van der Waals surface area contributed by atoms with Crippen molar-refractivity contribution in [2.24, 2.45) is 0 Å². The van der Waals surface area contributed by atoms with Gasteiger partial charge in [0, 0.05) is 36.9 Å². The van der Waals surface area contributed by atoms with Gasteiger partial charge in [0.25, 0.3) is 0 Å². The summed E-state index contributed by atoms with van der Waals surface area (Å²) < 4.78 is 26.7. The maximum atomic E-state index is 12.1. The van der Waals surface area contributed by atoms with Crippen LogP contribution in [0.15, 0.2) is 59.5 Å². The lowest BCUT2D eigenvalue weighted by molar-refractivity contribution is -0.116. The molecule has 0 unspecified atom stereocenters. The minimum atomic E-state index is -3.59. The monoisotopic (exact) mass is 389 g/mol. The van der Waals surface area contributed by atoms with Crippen LogP contribution in [0, 0.1) is 0 Å². The number of carbonyl (C=O) groups is 1. The summed E-state index contributed by atoms with van der Waals surface area (Å²) >= 11 is 0. The van der Waals surface area contributed by atoms with E-state index in [9.17, 15) is 13.2 Å². The van der Waals surface area contributed by atoms with E-state index >= 15 is 0 Å². The van der Waals surface area contributed by atoms with Gasteiger partial charge in [0.05, 0.1) is 4.90 Å². The predicted molar refractivity (Wildman–Crippen MR) is 109 cm³/mol. The molecule has 0 heterocycles. The van der Waals surface area contributed by atoms with E-state index in [0.29, 0.717) is 11.7 Å². The first-order chi connectivity index (χ1) is 12.8. The third kappa shape index (κ3) is 6.08. The molecule has 0 radical (unpaired) electrons. The Morgan fingerprint density at radius 1 is 1.04 bits per heavy atom. The van der Waals surface area contributed by atoms with Crippen molar-refractivity contribution in [3.63, 3.8) is 0 Å². The van der Waals surface area contributed by atoms with Crippen LogP contribution >= 0.6 is 0 Å². The molecule has 2 N–H and O–H groups in total. The van der Waals surface area contributed by atoms with Gasteiger partial charge in [-0.2, -0.15) is 0 Å². The summed E-state index contributed by atoms with van der Waals surface area (Å²) in [5, 5.41) is 2.79. The number of carbonyl (C=O) groups excluding carboxylic acids is 1. The topological polar surface area (TPSA) is 78.5 Å². The second-order valence-electron chi connectivity index (χ2n) is 6.44. The molecule has 27 heavy (non-hydrogen) atoms. The first-order valence-corrected chi connectivity index (χ1v) is 10.5. The van der Waals surface area contributed by atoms with Crippen molar-refractivity contribution in [3.8, 4) is 0 Å². The standard InChI is InChI=1S/C20H27N3O3S/c1-4-23(16(2)3)18-12-10-17(11-13-18)22-20(24)14-15-21-27(25,26)19-8-6-5-7-9-19/h5-13,16,21H,4,14-15H2,1-3H3,(H,22,24). The Morgan fingerprint density at radius 2 is 1.67 bits per heavy atom. The van der Waals surface area contributed by atoms with Gasteiger partial charge >= 0.3 is 0 Å². The minimum absolute atomic E-state index is 0.0398. The molecule has 2 aromatic carbocycles. The van der Waals surface area contributed by atoms with Gasteiger partial charge in [0.2, 0.25) is 15.9 Å². The maximum absolute atomic E-state index is 12.1. The Balaban J connectivity index is 1.85. The molecule has 6 nitrogen and oxygen atoms in total. The zero-order valence-electron chi connectivity index (χ0n) is 16.0. The highest BCUT2D eigenvalue weighted by Gasteiger charge is 2.13.